The van der Waals surface area contributed by atoms with Gasteiger partial charge >= 0.3 is 0 Å². The van der Waals surface area contributed by atoms with Crippen molar-refractivity contribution in [2.24, 2.45) is 0 Å². The Morgan fingerprint density at radius 2 is 2.23 bits per heavy atom. The Hall–Kier alpha value is -1.46. The van der Waals surface area contributed by atoms with E-state index in [1.165, 1.54) is 0 Å². The molecule has 0 radical (unpaired) electrons. The van der Waals surface area contributed by atoms with Crippen LogP contribution < -0.4 is 5.32 Å². The van der Waals surface area contributed by atoms with Gasteiger partial charge in [-0.15, -0.1) is 0 Å². The molecule has 22 heavy (non-hydrogen) atoms. The molecule has 2 fully saturated rings. The summed E-state index contributed by atoms with van der Waals surface area (Å²) in [7, 11) is 0. The topological polar surface area (TPSA) is 71.5 Å². The minimum atomic E-state index is -0.802. The van der Waals surface area contributed by atoms with E-state index in [4.69, 9.17) is 4.74 Å². The smallest absolute Gasteiger partial charge is 0.222 e. The lowest BCUT2D eigenvalue weighted by molar-refractivity contribution is -0.124. The van der Waals surface area contributed by atoms with Gasteiger partial charge in [-0.3, -0.25) is 9.78 Å². The van der Waals surface area contributed by atoms with Crippen LogP contribution in [0.3, 0.4) is 0 Å². The third-order valence-corrected chi connectivity index (χ3v) is 4.81. The van der Waals surface area contributed by atoms with Crippen LogP contribution in [0.4, 0.5) is 0 Å². The Morgan fingerprint density at radius 1 is 1.41 bits per heavy atom. The summed E-state index contributed by atoms with van der Waals surface area (Å²) in [5, 5.41) is 13.8. The first kappa shape index (κ1) is 15.4. The maximum absolute atomic E-state index is 12.0. The van der Waals surface area contributed by atoms with E-state index in [1.807, 2.05) is 12.1 Å². The van der Waals surface area contributed by atoms with Crippen molar-refractivity contribution >= 4 is 5.91 Å². The summed E-state index contributed by atoms with van der Waals surface area (Å²) in [6, 6.07) is 3.93. The van der Waals surface area contributed by atoms with Crippen LogP contribution in [0.2, 0.25) is 0 Å². The molecule has 1 saturated heterocycles. The molecular formula is C17H24N2O3. The van der Waals surface area contributed by atoms with Gasteiger partial charge in [0.1, 0.15) is 0 Å². The van der Waals surface area contributed by atoms with Gasteiger partial charge in [-0.05, 0) is 44.6 Å². The number of nitrogens with one attached hydrogen (secondary N) is 1. The molecule has 1 atom stereocenters. The molecular weight excluding hydrogens is 280 g/mol. The third kappa shape index (κ3) is 3.65. The third-order valence-electron chi connectivity index (χ3n) is 4.81. The van der Waals surface area contributed by atoms with Crippen molar-refractivity contribution in [3.63, 3.8) is 0 Å². The standard InChI is InChI=1S/C17H24N2O3/c20-16(11-15-4-2-10-22-15)19-14-5-7-17(21,8-6-14)13-3-1-9-18-12-13/h1,3,9,12,14-15,21H,2,4-8,10-11H2,(H,19,20). The van der Waals surface area contributed by atoms with Crippen molar-refractivity contribution in [2.45, 2.75) is 62.7 Å². The molecule has 120 valence electrons. The average Bonchev–Trinajstić information content (AvgIpc) is 3.03. The monoisotopic (exact) mass is 304 g/mol. The number of ether oxygens (including phenoxy) is 1. The fourth-order valence-corrected chi connectivity index (χ4v) is 3.47. The minimum Gasteiger partial charge on any atom is -0.385 e. The van der Waals surface area contributed by atoms with E-state index in [-0.39, 0.29) is 18.1 Å². The van der Waals surface area contributed by atoms with Crippen molar-refractivity contribution in [1.29, 1.82) is 0 Å². The fraction of sp³-hybridized carbons (Fsp3) is 0.647. The van der Waals surface area contributed by atoms with Gasteiger partial charge < -0.3 is 15.2 Å². The van der Waals surface area contributed by atoms with Crippen LogP contribution in [-0.2, 0) is 15.1 Å². The van der Waals surface area contributed by atoms with Crippen molar-refractivity contribution in [2.75, 3.05) is 6.61 Å². The van der Waals surface area contributed by atoms with Crippen molar-refractivity contribution in [3.8, 4) is 0 Å². The molecule has 0 bridgehead atoms. The molecule has 0 aromatic carbocycles. The van der Waals surface area contributed by atoms with Crippen LogP contribution in [-0.4, -0.2) is 34.8 Å². The highest BCUT2D eigenvalue weighted by molar-refractivity contribution is 5.76. The Kier molecular flexibility index (Phi) is 4.74. The van der Waals surface area contributed by atoms with E-state index in [2.05, 4.69) is 10.3 Å². The Bertz CT molecular complexity index is 492. The number of carbonyl (C=O) groups excluding carboxylic acids is 1. The number of nitrogens with zero attached hydrogens (tertiary/aromatic N) is 1. The highest BCUT2D eigenvalue weighted by Gasteiger charge is 2.35. The van der Waals surface area contributed by atoms with Gasteiger partial charge in [0, 0.05) is 30.6 Å². The largest absolute Gasteiger partial charge is 0.385 e. The summed E-state index contributed by atoms with van der Waals surface area (Å²) in [6.07, 6.45) is 8.94. The van der Waals surface area contributed by atoms with E-state index in [1.54, 1.807) is 12.4 Å². The van der Waals surface area contributed by atoms with Crippen LogP contribution >= 0.6 is 0 Å². The summed E-state index contributed by atoms with van der Waals surface area (Å²) in [5.74, 6) is 0.0729. The number of hydrogen-bond donors (Lipinski definition) is 2. The van der Waals surface area contributed by atoms with Gasteiger partial charge in [-0.25, -0.2) is 0 Å². The zero-order valence-electron chi connectivity index (χ0n) is 12.8. The quantitative estimate of drug-likeness (QED) is 0.891. The minimum absolute atomic E-state index is 0.0729. The second-order valence-electron chi connectivity index (χ2n) is 6.45. The first-order valence-electron chi connectivity index (χ1n) is 8.19. The lowest BCUT2D eigenvalue weighted by atomic mass is 9.78. The zero-order valence-corrected chi connectivity index (χ0v) is 12.8. The van der Waals surface area contributed by atoms with E-state index >= 15 is 0 Å². The summed E-state index contributed by atoms with van der Waals surface area (Å²) in [4.78, 5) is 16.1. The molecule has 5 heteroatoms. The normalized spacial score (nSPS) is 31.9. The molecule has 1 unspecified atom stereocenters. The van der Waals surface area contributed by atoms with Gasteiger partial charge in [-0.2, -0.15) is 0 Å². The van der Waals surface area contributed by atoms with Crippen LogP contribution in [0, 0.1) is 0 Å². The maximum atomic E-state index is 12.0. The van der Waals surface area contributed by atoms with Crippen LogP contribution in [0.1, 0.15) is 50.5 Å². The Morgan fingerprint density at radius 3 is 2.86 bits per heavy atom. The molecule has 1 saturated carbocycles. The number of pyridine rings is 1. The van der Waals surface area contributed by atoms with Gasteiger partial charge in [0.25, 0.3) is 0 Å². The molecule has 2 heterocycles. The Labute approximate surface area is 131 Å². The molecule has 1 aromatic heterocycles. The highest BCUT2D eigenvalue weighted by atomic mass is 16.5. The second kappa shape index (κ2) is 6.75. The predicted molar refractivity (Wildman–Crippen MR) is 82.1 cm³/mol. The molecule has 5 nitrogen and oxygen atoms in total. The van der Waals surface area contributed by atoms with Crippen molar-refractivity contribution < 1.29 is 14.6 Å². The van der Waals surface area contributed by atoms with E-state index in [0.29, 0.717) is 19.3 Å². The van der Waals surface area contributed by atoms with Crippen molar-refractivity contribution in [3.05, 3.63) is 30.1 Å². The molecule has 1 aliphatic heterocycles. The SMILES string of the molecule is O=C(CC1CCCO1)NC1CCC(O)(c2cccnc2)CC1. The van der Waals surface area contributed by atoms with Crippen LogP contribution in [0.15, 0.2) is 24.5 Å². The molecule has 1 amide bonds. The number of amides is 1. The van der Waals surface area contributed by atoms with Gasteiger partial charge in [0.2, 0.25) is 5.91 Å². The first-order valence-corrected chi connectivity index (χ1v) is 8.19. The molecule has 3 rings (SSSR count). The zero-order chi connectivity index (χ0) is 15.4. The summed E-state index contributed by atoms with van der Waals surface area (Å²) < 4.78 is 5.50. The van der Waals surface area contributed by atoms with Gasteiger partial charge in [0.05, 0.1) is 18.1 Å². The van der Waals surface area contributed by atoms with Crippen molar-refractivity contribution in [1.82, 2.24) is 10.3 Å². The number of aliphatic hydroxyl groups is 1. The van der Waals surface area contributed by atoms with Crippen LogP contribution in [0.25, 0.3) is 0 Å². The van der Waals surface area contributed by atoms with E-state index in [0.717, 1.165) is 37.9 Å². The molecule has 2 N–H and O–H groups in total. The molecule has 1 aromatic rings. The number of aromatic nitrogens is 1. The summed E-state index contributed by atoms with van der Waals surface area (Å²) >= 11 is 0. The fourth-order valence-electron chi connectivity index (χ4n) is 3.47. The lowest BCUT2D eigenvalue weighted by Gasteiger charge is -2.36. The summed E-state index contributed by atoms with van der Waals surface area (Å²) in [6.45, 7) is 0.777. The average molecular weight is 304 g/mol. The second-order valence-corrected chi connectivity index (χ2v) is 6.45. The number of hydrogen-bond acceptors (Lipinski definition) is 4. The molecule has 2 aliphatic rings. The molecule has 0 spiro atoms. The van der Waals surface area contributed by atoms with E-state index < -0.39 is 5.60 Å². The molecule has 1 aliphatic carbocycles. The first-order chi connectivity index (χ1) is 10.7. The van der Waals surface area contributed by atoms with E-state index in [9.17, 15) is 9.90 Å². The Balaban J connectivity index is 1.48. The summed E-state index contributed by atoms with van der Waals surface area (Å²) in [5.41, 5.74) is 0.0727. The predicted octanol–water partition coefficient (Wildman–Crippen LogP) is 1.90. The van der Waals surface area contributed by atoms with Gasteiger partial charge in [-0.1, -0.05) is 6.07 Å². The maximum Gasteiger partial charge on any atom is 0.222 e. The van der Waals surface area contributed by atoms with Crippen LogP contribution in [0.5, 0.6) is 0 Å². The number of rotatable bonds is 4. The number of carbonyl (C=O) groups is 1. The lowest BCUT2D eigenvalue weighted by Crippen LogP contribution is -2.43. The van der Waals surface area contributed by atoms with Gasteiger partial charge in [0.15, 0.2) is 0 Å². The highest BCUT2D eigenvalue weighted by Crippen LogP contribution is 2.36.